The van der Waals surface area contributed by atoms with Crippen molar-refractivity contribution in [3.8, 4) is 0 Å². The lowest BCUT2D eigenvalue weighted by Gasteiger charge is -2.23. The maximum absolute atomic E-state index is 10.2. The van der Waals surface area contributed by atoms with Gasteiger partial charge in [-0.3, -0.25) is 0 Å². The van der Waals surface area contributed by atoms with Gasteiger partial charge >= 0.3 is 0 Å². The largest absolute Gasteiger partial charge is 0.550 e. The zero-order valence-corrected chi connectivity index (χ0v) is 14.0. The van der Waals surface area contributed by atoms with E-state index in [1.807, 2.05) is 0 Å². The average Bonchev–Trinajstić information content (AvgIpc) is 2.33. The number of nitrogens with zero attached hydrogens (tertiary/aromatic N) is 1. The number of hydrogen-bond donors (Lipinski definition) is 0. The minimum Gasteiger partial charge on any atom is -0.550 e. The summed E-state index contributed by atoms with van der Waals surface area (Å²) in [6, 6.07) is 0. The first-order chi connectivity index (χ1) is 9.42. The van der Waals surface area contributed by atoms with Crippen LogP contribution >= 0.6 is 0 Å². The van der Waals surface area contributed by atoms with Crippen LogP contribution in [0.25, 0.3) is 0 Å². The zero-order valence-electron chi connectivity index (χ0n) is 14.0. The molecule has 0 aliphatic carbocycles. The van der Waals surface area contributed by atoms with E-state index in [1.54, 1.807) is 0 Å². The molecule has 0 amide bonds. The minimum atomic E-state index is -0.907. The van der Waals surface area contributed by atoms with Crippen molar-refractivity contribution in [2.24, 2.45) is 0 Å². The van der Waals surface area contributed by atoms with Gasteiger partial charge in [-0.1, -0.05) is 51.4 Å². The molecule has 0 heterocycles. The van der Waals surface area contributed by atoms with Crippen LogP contribution in [0.5, 0.6) is 0 Å². The molecule has 120 valence electrons. The molecule has 0 aliphatic rings. The lowest BCUT2D eigenvalue weighted by atomic mass is 10.1. The number of rotatable bonds is 14. The number of carboxylic acids is 1. The predicted octanol–water partition coefficient (Wildman–Crippen LogP) is 3.12. The van der Waals surface area contributed by atoms with Crippen LogP contribution < -0.4 is 5.11 Å². The van der Waals surface area contributed by atoms with E-state index < -0.39 is 5.97 Å². The second-order valence-corrected chi connectivity index (χ2v) is 7.03. The van der Waals surface area contributed by atoms with Crippen LogP contribution in [0, 0.1) is 0 Å². The van der Waals surface area contributed by atoms with Gasteiger partial charge in [0.15, 0.2) is 0 Å². The number of unbranched alkanes of at least 4 members (excludes halogenated alkanes) is 10. The Balaban J connectivity index is 3.05. The lowest BCUT2D eigenvalue weighted by Crippen LogP contribution is -2.35. The van der Waals surface area contributed by atoms with Crippen molar-refractivity contribution in [1.29, 1.82) is 0 Å². The van der Waals surface area contributed by atoms with E-state index in [2.05, 4.69) is 21.1 Å². The Labute approximate surface area is 126 Å². The fourth-order valence-corrected chi connectivity index (χ4v) is 2.45. The smallest absolute Gasteiger partial charge is 0.0780 e. The highest BCUT2D eigenvalue weighted by atomic mass is 16.4. The molecule has 0 aromatic carbocycles. The maximum atomic E-state index is 10.2. The third-order valence-electron chi connectivity index (χ3n) is 3.71. The van der Waals surface area contributed by atoms with Gasteiger partial charge in [-0.05, 0) is 25.7 Å². The standard InChI is InChI=1S/C17H35NO2/c1-18(2,3)16-14-12-10-8-6-4-5-7-9-11-13-15-17(19)20/h4-16H2,1-3H3. The van der Waals surface area contributed by atoms with Gasteiger partial charge in [0.1, 0.15) is 0 Å². The molecular formula is C17H35NO2. The van der Waals surface area contributed by atoms with E-state index in [9.17, 15) is 9.90 Å². The quantitative estimate of drug-likeness (QED) is 0.363. The molecule has 0 rings (SSSR count). The summed E-state index contributed by atoms with van der Waals surface area (Å²) in [4.78, 5) is 10.2. The van der Waals surface area contributed by atoms with Crippen molar-refractivity contribution in [2.45, 2.75) is 77.0 Å². The molecule has 3 heteroatoms. The van der Waals surface area contributed by atoms with Crippen LogP contribution in [0.1, 0.15) is 77.0 Å². The summed E-state index contributed by atoms with van der Waals surface area (Å²) in [5.41, 5.74) is 0. The minimum absolute atomic E-state index is 0.229. The first-order valence-corrected chi connectivity index (χ1v) is 8.42. The maximum Gasteiger partial charge on any atom is 0.0780 e. The summed E-state index contributed by atoms with van der Waals surface area (Å²) in [5, 5.41) is 10.2. The SMILES string of the molecule is C[N+](C)(C)CCCCCCCCCCCCCC(=O)[O-]. The second-order valence-electron chi connectivity index (χ2n) is 7.03. The third kappa shape index (κ3) is 17.4. The van der Waals surface area contributed by atoms with Crippen LogP contribution in [-0.2, 0) is 4.79 Å². The van der Waals surface area contributed by atoms with Gasteiger partial charge in [0.25, 0.3) is 0 Å². The lowest BCUT2D eigenvalue weighted by molar-refractivity contribution is -0.870. The van der Waals surface area contributed by atoms with Crippen molar-refractivity contribution in [1.82, 2.24) is 0 Å². The van der Waals surface area contributed by atoms with Gasteiger partial charge in [-0.15, -0.1) is 0 Å². The average molecular weight is 285 g/mol. The third-order valence-corrected chi connectivity index (χ3v) is 3.71. The van der Waals surface area contributed by atoms with Crippen LogP contribution in [0.15, 0.2) is 0 Å². The molecule has 0 bridgehead atoms. The van der Waals surface area contributed by atoms with E-state index in [0.29, 0.717) is 0 Å². The molecule has 3 nitrogen and oxygen atoms in total. The summed E-state index contributed by atoms with van der Waals surface area (Å²) >= 11 is 0. The van der Waals surface area contributed by atoms with E-state index in [0.717, 1.165) is 17.3 Å². The van der Waals surface area contributed by atoms with Gasteiger partial charge in [0.05, 0.1) is 27.7 Å². The Hall–Kier alpha value is -0.570. The highest BCUT2D eigenvalue weighted by Crippen LogP contribution is 2.12. The van der Waals surface area contributed by atoms with Crippen molar-refractivity contribution in [3.63, 3.8) is 0 Å². The van der Waals surface area contributed by atoms with Gasteiger partial charge in [0.2, 0.25) is 0 Å². The summed E-state index contributed by atoms with van der Waals surface area (Å²) in [7, 11) is 6.77. The van der Waals surface area contributed by atoms with E-state index in [4.69, 9.17) is 0 Å². The molecule has 0 unspecified atom stereocenters. The molecule has 0 atom stereocenters. The summed E-state index contributed by atoms with van der Waals surface area (Å²) in [6.45, 7) is 1.28. The molecule has 0 aromatic heterocycles. The molecule has 0 saturated heterocycles. The van der Waals surface area contributed by atoms with Crippen molar-refractivity contribution >= 4 is 5.97 Å². The summed E-state index contributed by atoms with van der Waals surface area (Å²) < 4.78 is 1.08. The fraction of sp³-hybridized carbons (Fsp3) is 0.941. The predicted molar refractivity (Wildman–Crippen MR) is 83.3 cm³/mol. The van der Waals surface area contributed by atoms with Gasteiger partial charge in [-0.2, -0.15) is 0 Å². The highest BCUT2D eigenvalue weighted by molar-refractivity contribution is 5.63. The number of aliphatic carboxylic acids is 1. The van der Waals surface area contributed by atoms with E-state index in [1.165, 1.54) is 64.3 Å². The molecule has 0 spiro atoms. The van der Waals surface area contributed by atoms with Crippen LogP contribution in [0.2, 0.25) is 0 Å². The first kappa shape index (κ1) is 19.4. The van der Waals surface area contributed by atoms with Crippen molar-refractivity contribution in [2.75, 3.05) is 27.7 Å². The van der Waals surface area contributed by atoms with Gasteiger partial charge in [-0.25, -0.2) is 0 Å². The molecule has 0 N–H and O–H groups in total. The number of carbonyl (C=O) groups excluding carboxylic acids is 1. The van der Waals surface area contributed by atoms with E-state index in [-0.39, 0.29) is 6.42 Å². The van der Waals surface area contributed by atoms with Gasteiger partial charge in [0, 0.05) is 5.97 Å². The topological polar surface area (TPSA) is 40.1 Å². The Morgan fingerprint density at radius 3 is 1.40 bits per heavy atom. The molecule has 0 radical (unpaired) electrons. The van der Waals surface area contributed by atoms with Crippen LogP contribution in [0.3, 0.4) is 0 Å². The Morgan fingerprint density at radius 1 is 0.700 bits per heavy atom. The highest BCUT2D eigenvalue weighted by Gasteiger charge is 2.04. The second kappa shape index (κ2) is 12.2. The Morgan fingerprint density at radius 2 is 1.05 bits per heavy atom. The summed E-state index contributed by atoms with van der Waals surface area (Å²) in [5.74, 6) is -0.907. The number of carbonyl (C=O) groups is 1. The zero-order chi connectivity index (χ0) is 15.3. The number of quaternary nitrogens is 1. The normalized spacial score (nSPS) is 11.8. The first-order valence-electron chi connectivity index (χ1n) is 8.42. The van der Waals surface area contributed by atoms with Crippen LogP contribution in [0.4, 0.5) is 0 Å². The number of hydrogen-bond acceptors (Lipinski definition) is 2. The fourth-order valence-electron chi connectivity index (χ4n) is 2.45. The molecular weight excluding hydrogens is 250 g/mol. The van der Waals surface area contributed by atoms with Crippen molar-refractivity contribution < 1.29 is 14.4 Å². The molecule has 0 saturated carbocycles. The molecule has 0 aliphatic heterocycles. The van der Waals surface area contributed by atoms with E-state index >= 15 is 0 Å². The summed E-state index contributed by atoms with van der Waals surface area (Å²) in [6.07, 6.45) is 14.0. The van der Waals surface area contributed by atoms with Gasteiger partial charge < -0.3 is 14.4 Å². The molecule has 0 aromatic rings. The Bertz CT molecular complexity index is 234. The Kier molecular flexibility index (Phi) is 11.8. The molecule has 0 fully saturated rings. The van der Waals surface area contributed by atoms with Crippen molar-refractivity contribution in [3.05, 3.63) is 0 Å². The number of carboxylic acid groups (broad SMARTS) is 1. The van der Waals surface area contributed by atoms with Crippen LogP contribution in [-0.4, -0.2) is 38.1 Å². The monoisotopic (exact) mass is 285 g/mol. The molecule has 20 heavy (non-hydrogen) atoms.